The van der Waals surface area contributed by atoms with Crippen LogP contribution in [0.2, 0.25) is 5.02 Å². The number of fused-ring (bicyclic) bond motifs is 3. The van der Waals surface area contributed by atoms with E-state index in [1.807, 2.05) is 41.8 Å². The standard InChI is InChI=1S/C25H28ClN3O3/c1-25(24(31)27-19-5-3-2-4-6-19)16-28-20-12-14-32-22(20)15-21(28)23(30)29(25)13-11-17-7-9-18(26)10-8-17/h7-10,12,14-15,19H,2-6,11,13,16H2,1H3,(H,27,31)/t25-/m0/s1. The number of nitrogens with zero attached hydrogens (tertiary/aromatic N) is 2. The highest BCUT2D eigenvalue weighted by molar-refractivity contribution is 6.30. The fourth-order valence-electron chi connectivity index (χ4n) is 5.10. The number of benzene rings is 1. The molecule has 5 rings (SSSR count). The molecule has 3 heterocycles. The van der Waals surface area contributed by atoms with Crippen molar-refractivity contribution >= 4 is 34.5 Å². The largest absolute Gasteiger partial charge is 0.463 e. The van der Waals surface area contributed by atoms with E-state index in [0.717, 1.165) is 36.8 Å². The number of rotatable bonds is 5. The van der Waals surface area contributed by atoms with E-state index in [4.69, 9.17) is 16.0 Å². The molecule has 2 amide bonds. The molecule has 3 aromatic rings. The molecule has 7 heteroatoms. The summed E-state index contributed by atoms with van der Waals surface area (Å²) in [5.74, 6) is -0.220. The van der Waals surface area contributed by atoms with Gasteiger partial charge in [-0.15, -0.1) is 0 Å². The van der Waals surface area contributed by atoms with Crippen molar-refractivity contribution in [3.05, 3.63) is 58.9 Å². The summed E-state index contributed by atoms with van der Waals surface area (Å²) < 4.78 is 7.47. The van der Waals surface area contributed by atoms with Crippen LogP contribution < -0.4 is 5.32 Å². The van der Waals surface area contributed by atoms with E-state index in [1.165, 1.54) is 6.42 Å². The maximum absolute atomic E-state index is 13.6. The maximum atomic E-state index is 13.6. The van der Waals surface area contributed by atoms with Gasteiger partial charge in [0.25, 0.3) is 5.91 Å². The molecule has 1 aliphatic carbocycles. The third kappa shape index (κ3) is 3.71. The van der Waals surface area contributed by atoms with Gasteiger partial charge in [-0.05, 0) is 43.9 Å². The monoisotopic (exact) mass is 453 g/mol. The average molecular weight is 454 g/mol. The summed E-state index contributed by atoms with van der Waals surface area (Å²) in [5.41, 5.74) is 2.17. The van der Waals surface area contributed by atoms with Gasteiger partial charge < -0.3 is 19.2 Å². The van der Waals surface area contributed by atoms with Gasteiger partial charge in [-0.2, -0.15) is 0 Å². The number of carbonyl (C=O) groups excluding carboxylic acids is 2. The number of amides is 2. The Morgan fingerprint density at radius 1 is 1.19 bits per heavy atom. The van der Waals surface area contributed by atoms with Crippen LogP contribution in [0.5, 0.6) is 0 Å². The summed E-state index contributed by atoms with van der Waals surface area (Å²) in [4.78, 5) is 29.0. The first-order chi connectivity index (χ1) is 15.5. The molecule has 0 unspecified atom stereocenters. The Bertz CT molecular complexity index is 1140. The van der Waals surface area contributed by atoms with Crippen LogP contribution in [-0.4, -0.2) is 39.4 Å². The van der Waals surface area contributed by atoms with Crippen LogP contribution in [0.25, 0.3) is 11.1 Å². The highest BCUT2D eigenvalue weighted by atomic mass is 35.5. The fourth-order valence-corrected chi connectivity index (χ4v) is 5.23. The first-order valence-corrected chi connectivity index (χ1v) is 11.8. The second kappa shape index (κ2) is 8.32. The molecule has 1 aliphatic heterocycles. The minimum atomic E-state index is -0.989. The molecule has 0 saturated heterocycles. The Kier molecular flexibility index (Phi) is 5.49. The van der Waals surface area contributed by atoms with E-state index < -0.39 is 5.54 Å². The van der Waals surface area contributed by atoms with E-state index in [9.17, 15) is 9.59 Å². The van der Waals surface area contributed by atoms with Crippen molar-refractivity contribution in [2.75, 3.05) is 6.54 Å². The van der Waals surface area contributed by atoms with Gasteiger partial charge in [-0.1, -0.05) is 43.0 Å². The van der Waals surface area contributed by atoms with Crippen molar-refractivity contribution in [1.82, 2.24) is 14.8 Å². The maximum Gasteiger partial charge on any atom is 0.271 e. The van der Waals surface area contributed by atoms with Gasteiger partial charge in [0.05, 0.1) is 18.3 Å². The number of furan rings is 1. The molecule has 0 bridgehead atoms. The molecule has 1 aromatic carbocycles. The van der Waals surface area contributed by atoms with Gasteiger partial charge in [-0.25, -0.2) is 0 Å². The Morgan fingerprint density at radius 3 is 2.69 bits per heavy atom. The van der Waals surface area contributed by atoms with Crippen LogP contribution in [-0.2, 0) is 17.8 Å². The summed E-state index contributed by atoms with van der Waals surface area (Å²) in [6.07, 6.45) is 7.76. The van der Waals surface area contributed by atoms with Crippen molar-refractivity contribution in [3.8, 4) is 0 Å². The van der Waals surface area contributed by atoms with Crippen LogP contribution in [0.4, 0.5) is 0 Å². The molecule has 32 heavy (non-hydrogen) atoms. The van der Waals surface area contributed by atoms with Gasteiger partial charge >= 0.3 is 0 Å². The van der Waals surface area contributed by atoms with Crippen LogP contribution in [0.1, 0.15) is 55.1 Å². The average Bonchev–Trinajstić information content (AvgIpc) is 3.38. The first kappa shape index (κ1) is 21.1. The zero-order chi connectivity index (χ0) is 22.3. The zero-order valence-electron chi connectivity index (χ0n) is 18.3. The quantitative estimate of drug-likeness (QED) is 0.603. The molecule has 1 N–H and O–H groups in total. The number of aromatic nitrogens is 1. The predicted molar refractivity (Wildman–Crippen MR) is 124 cm³/mol. The number of halogens is 1. The third-order valence-electron chi connectivity index (χ3n) is 7.02. The molecule has 1 fully saturated rings. The minimum Gasteiger partial charge on any atom is -0.463 e. The Morgan fingerprint density at radius 2 is 1.94 bits per heavy atom. The van der Waals surface area contributed by atoms with Crippen molar-refractivity contribution in [2.24, 2.45) is 0 Å². The van der Waals surface area contributed by atoms with Crippen LogP contribution >= 0.6 is 11.6 Å². The SMILES string of the molecule is C[C@@]1(C(=O)NC2CCCCC2)Cn2c(cc3occc32)C(=O)N1CCc1ccc(Cl)cc1. The second-order valence-corrected chi connectivity index (χ2v) is 9.64. The van der Waals surface area contributed by atoms with E-state index in [1.54, 1.807) is 17.2 Å². The molecule has 1 atom stereocenters. The van der Waals surface area contributed by atoms with Gasteiger partial charge in [0, 0.05) is 29.7 Å². The summed E-state index contributed by atoms with van der Waals surface area (Å²) in [6.45, 7) is 2.73. The third-order valence-corrected chi connectivity index (χ3v) is 7.27. The first-order valence-electron chi connectivity index (χ1n) is 11.4. The van der Waals surface area contributed by atoms with Gasteiger partial charge in [-0.3, -0.25) is 9.59 Å². The number of nitrogens with one attached hydrogen (secondary N) is 1. The Hall–Kier alpha value is -2.73. The molecule has 6 nitrogen and oxygen atoms in total. The molecule has 0 radical (unpaired) electrons. The minimum absolute atomic E-state index is 0.0788. The normalized spacial score (nSPS) is 21.7. The number of hydrogen-bond donors (Lipinski definition) is 1. The summed E-state index contributed by atoms with van der Waals surface area (Å²) >= 11 is 6.02. The van der Waals surface area contributed by atoms with E-state index in [0.29, 0.717) is 35.8 Å². The van der Waals surface area contributed by atoms with E-state index in [2.05, 4.69) is 5.32 Å². The van der Waals surface area contributed by atoms with Crippen molar-refractivity contribution in [2.45, 2.75) is 63.6 Å². The highest BCUT2D eigenvalue weighted by Crippen LogP contribution is 2.33. The van der Waals surface area contributed by atoms with Crippen LogP contribution in [0.15, 0.2) is 47.1 Å². The smallest absolute Gasteiger partial charge is 0.271 e. The Labute approximate surface area is 192 Å². The molecular formula is C25H28ClN3O3. The van der Waals surface area contributed by atoms with Crippen LogP contribution in [0.3, 0.4) is 0 Å². The summed E-state index contributed by atoms with van der Waals surface area (Å²) in [5, 5.41) is 3.94. The summed E-state index contributed by atoms with van der Waals surface area (Å²) in [7, 11) is 0. The van der Waals surface area contributed by atoms with E-state index >= 15 is 0 Å². The second-order valence-electron chi connectivity index (χ2n) is 9.20. The topological polar surface area (TPSA) is 67.5 Å². The van der Waals surface area contributed by atoms with E-state index in [-0.39, 0.29) is 17.9 Å². The fraction of sp³-hybridized carbons (Fsp3) is 0.440. The summed E-state index contributed by atoms with van der Waals surface area (Å²) in [6, 6.07) is 11.5. The van der Waals surface area contributed by atoms with Crippen molar-refractivity contribution in [1.29, 1.82) is 0 Å². The Balaban J connectivity index is 1.46. The van der Waals surface area contributed by atoms with Gasteiger partial charge in [0.2, 0.25) is 5.91 Å². The molecular weight excluding hydrogens is 426 g/mol. The lowest BCUT2D eigenvalue weighted by Crippen LogP contribution is -2.65. The molecule has 0 spiro atoms. The number of carbonyl (C=O) groups is 2. The number of hydrogen-bond acceptors (Lipinski definition) is 3. The lowest BCUT2D eigenvalue weighted by Gasteiger charge is -2.45. The zero-order valence-corrected chi connectivity index (χ0v) is 19.0. The lowest BCUT2D eigenvalue weighted by molar-refractivity contribution is -0.133. The highest BCUT2D eigenvalue weighted by Gasteiger charge is 2.48. The molecule has 2 aromatic heterocycles. The van der Waals surface area contributed by atoms with Gasteiger partial charge in [0.15, 0.2) is 5.58 Å². The molecule has 168 valence electrons. The predicted octanol–water partition coefficient (Wildman–Crippen LogP) is 4.79. The van der Waals surface area contributed by atoms with Crippen LogP contribution in [0, 0.1) is 0 Å². The molecule has 1 saturated carbocycles. The molecule has 2 aliphatic rings. The lowest BCUT2D eigenvalue weighted by atomic mass is 9.91. The van der Waals surface area contributed by atoms with Crippen molar-refractivity contribution < 1.29 is 14.0 Å². The van der Waals surface area contributed by atoms with Gasteiger partial charge in [0.1, 0.15) is 11.2 Å². The van der Waals surface area contributed by atoms with Crippen molar-refractivity contribution in [3.63, 3.8) is 0 Å².